The maximum absolute atomic E-state index is 13.1. The van der Waals surface area contributed by atoms with E-state index < -0.39 is 11.2 Å². The fourth-order valence-electron chi connectivity index (χ4n) is 4.00. The molecule has 0 amide bonds. The summed E-state index contributed by atoms with van der Waals surface area (Å²) in [5.41, 5.74) is 2.45. The van der Waals surface area contributed by atoms with E-state index in [2.05, 4.69) is 0 Å². The van der Waals surface area contributed by atoms with Gasteiger partial charge in [-0.1, -0.05) is 35.9 Å². The van der Waals surface area contributed by atoms with E-state index in [1.54, 1.807) is 0 Å². The van der Waals surface area contributed by atoms with Crippen LogP contribution in [0, 0.1) is 6.92 Å². The van der Waals surface area contributed by atoms with Gasteiger partial charge >= 0.3 is 0 Å². The molecular formula is C22H21ClO3. The molecule has 0 aromatic heterocycles. The summed E-state index contributed by atoms with van der Waals surface area (Å²) in [6.45, 7) is 5.64. The van der Waals surface area contributed by atoms with Crippen LogP contribution in [-0.2, 0) is 9.53 Å². The third kappa shape index (κ3) is 2.50. The van der Waals surface area contributed by atoms with E-state index in [9.17, 15) is 9.90 Å². The van der Waals surface area contributed by atoms with Crippen molar-refractivity contribution in [1.82, 2.24) is 0 Å². The number of hydrogen-bond donors (Lipinski definition) is 1. The first-order chi connectivity index (χ1) is 12.2. The van der Waals surface area contributed by atoms with Crippen LogP contribution < -0.4 is 0 Å². The number of aryl methyl sites for hydroxylation is 1. The highest BCUT2D eigenvalue weighted by molar-refractivity contribution is 6.30. The van der Waals surface area contributed by atoms with Crippen molar-refractivity contribution in [2.24, 2.45) is 0 Å². The zero-order chi connectivity index (χ0) is 18.7. The highest BCUT2D eigenvalue weighted by atomic mass is 35.5. The minimum atomic E-state index is -0.862. The highest BCUT2D eigenvalue weighted by Gasteiger charge is 2.57. The van der Waals surface area contributed by atoms with Gasteiger partial charge in [-0.3, -0.25) is 4.79 Å². The molecule has 0 radical (unpaired) electrons. The van der Waals surface area contributed by atoms with Crippen LogP contribution >= 0.6 is 11.6 Å². The first-order valence-corrected chi connectivity index (χ1v) is 9.17. The summed E-state index contributed by atoms with van der Waals surface area (Å²) in [7, 11) is 0. The van der Waals surface area contributed by atoms with E-state index in [1.807, 2.05) is 63.2 Å². The predicted molar refractivity (Wildman–Crippen MR) is 103 cm³/mol. The van der Waals surface area contributed by atoms with Gasteiger partial charge in [0.25, 0.3) is 0 Å². The standard InChI is InChI=1S/C22H21ClO3/c1-13-4-5-15(14-6-8-16(23)9-7-14)12-17(13)18-19(24)21(2)10-11-22(3,26-21)20(18)25/h4-9,12,24H,10-11H2,1-3H3/t21-,22+/m1/s1. The first-order valence-electron chi connectivity index (χ1n) is 8.79. The number of carbonyl (C=O) groups excluding carboxylic acids is 1. The highest BCUT2D eigenvalue weighted by Crippen LogP contribution is 2.50. The van der Waals surface area contributed by atoms with Gasteiger partial charge in [-0.05, 0) is 74.1 Å². The van der Waals surface area contributed by atoms with Gasteiger partial charge in [0.1, 0.15) is 17.0 Å². The van der Waals surface area contributed by atoms with E-state index in [0.717, 1.165) is 22.3 Å². The lowest BCUT2D eigenvalue weighted by Gasteiger charge is -2.36. The monoisotopic (exact) mass is 368 g/mol. The molecule has 2 atom stereocenters. The Hall–Kier alpha value is -2.10. The van der Waals surface area contributed by atoms with Crippen LogP contribution in [0.15, 0.2) is 48.2 Å². The number of benzene rings is 2. The maximum Gasteiger partial charge on any atom is 0.198 e. The summed E-state index contributed by atoms with van der Waals surface area (Å²) in [4.78, 5) is 13.1. The predicted octanol–water partition coefficient (Wildman–Crippen LogP) is 5.50. The van der Waals surface area contributed by atoms with Crippen LogP contribution in [0.5, 0.6) is 0 Å². The summed E-state index contributed by atoms with van der Waals surface area (Å²) < 4.78 is 5.94. The van der Waals surface area contributed by atoms with E-state index >= 15 is 0 Å². The second-order valence-corrected chi connectivity index (χ2v) is 8.09. The molecule has 2 bridgehead atoms. The lowest BCUT2D eigenvalue weighted by Crippen LogP contribution is -2.45. The topological polar surface area (TPSA) is 46.5 Å². The van der Waals surface area contributed by atoms with Crippen LogP contribution in [0.2, 0.25) is 5.02 Å². The van der Waals surface area contributed by atoms with Crippen molar-refractivity contribution in [1.29, 1.82) is 0 Å². The van der Waals surface area contributed by atoms with Gasteiger partial charge in [0.05, 0.1) is 5.57 Å². The van der Waals surface area contributed by atoms with Crippen LogP contribution in [0.25, 0.3) is 16.7 Å². The molecule has 2 aromatic rings. The molecule has 2 aliphatic rings. The quantitative estimate of drug-likeness (QED) is 0.761. The molecule has 0 unspecified atom stereocenters. The Bertz CT molecular complexity index is 944. The molecule has 1 fully saturated rings. The second-order valence-electron chi connectivity index (χ2n) is 7.65. The molecule has 2 heterocycles. The Morgan fingerprint density at radius 3 is 2.31 bits per heavy atom. The SMILES string of the molecule is Cc1ccc(-c2ccc(Cl)cc2)cc1C1=C(O)[C@@]2(C)CC[C@](C)(O2)C1=O. The Labute approximate surface area is 158 Å². The van der Waals surface area contributed by atoms with Crippen molar-refractivity contribution in [3.63, 3.8) is 0 Å². The number of aliphatic hydroxyl groups excluding tert-OH is 1. The van der Waals surface area contributed by atoms with Crippen molar-refractivity contribution < 1.29 is 14.6 Å². The number of aliphatic hydroxyl groups is 1. The van der Waals surface area contributed by atoms with Crippen LogP contribution in [0.4, 0.5) is 0 Å². The normalized spacial score (nSPS) is 27.9. The van der Waals surface area contributed by atoms with Gasteiger partial charge in [0.2, 0.25) is 0 Å². The number of ether oxygens (including phenoxy) is 1. The molecule has 0 spiro atoms. The number of ketones is 1. The van der Waals surface area contributed by atoms with Crippen LogP contribution in [-0.4, -0.2) is 22.1 Å². The first kappa shape index (κ1) is 17.3. The summed E-state index contributed by atoms with van der Waals surface area (Å²) >= 11 is 5.99. The zero-order valence-electron chi connectivity index (χ0n) is 15.1. The number of halogens is 1. The Kier molecular flexibility index (Phi) is 3.80. The molecule has 0 saturated carbocycles. The average Bonchev–Trinajstić information content (AvgIpc) is 2.91. The number of hydrogen-bond acceptors (Lipinski definition) is 3. The molecule has 0 aliphatic carbocycles. The Morgan fingerprint density at radius 2 is 1.62 bits per heavy atom. The number of carbonyl (C=O) groups is 1. The van der Waals surface area contributed by atoms with E-state index in [0.29, 0.717) is 23.4 Å². The van der Waals surface area contributed by atoms with Gasteiger partial charge < -0.3 is 9.84 Å². The van der Waals surface area contributed by atoms with Crippen molar-refractivity contribution in [3.05, 3.63) is 64.4 Å². The lowest BCUT2D eigenvalue weighted by molar-refractivity contribution is -0.146. The van der Waals surface area contributed by atoms with Gasteiger partial charge in [0.15, 0.2) is 5.78 Å². The molecule has 2 aliphatic heterocycles. The Balaban J connectivity index is 1.89. The summed E-state index contributed by atoms with van der Waals surface area (Å²) in [6.07, 6.45) is 1.26. The third-order valence-corrected chi connectivity index (χ3v) is 5.91. The summed E-state index contributed by atoms with van der Waals surface area (Å²) in [5, 5.41) is 11.6. The van der Waals surface area contributed by atoms with E-state index in [-0.39, 0.29) is 11.5 Å². The molecule has 4 heteroatoms. The largest absolute Gasteiger partial charge is 0.508 e. The minimum absolute atomic E-state index is 0.0498. The van der Waals surface area contributed by atoms with Crippen molar-refractivity contribution in [3.8, 4) is 11.1 Å². The smallest absolute Gasteiger partial charge is 0.198 e. The Morgan fingerprint density at radius 1 is 1.00 bits per heavy atom. The van der Waals surface area contributed by atoms with Gasteiger partial charge in [-0.25, -0.2) is 0 Å². The van der Waals surface area contributed by atoms with E-state index in [4.69, 9.17) is 16.3 Å². The minimum Gasteiger partial charge on any atom is -0.508 e. The fraction of sp³-hybridized carbons (Fsp3) is 0.318. The van der Waals surface area contributed by atoms with Crippen molar-refractivity contribution in [2.45, 2.75) is 44.8 Å². The summed E-state index contributed by atoms with van der Waals surface area (Å²) in [6, 6.07) is 13.5. The maximum atomic E-state index is 13.1. The third-order valence-electron chi connectivity index (χ3n) is 5.66. The van der Waals surface area contributed by atoms with Gasteiger partial charge in [-0.2, -0.15) is 0 Å². The number of rotatable bonds is 2. The molecule has 1 N–H and O–H groups in total. The molecule has 134 valence electrons. The molecule has 4 rings (SSSR count). The average molecular weight is 369 g/mol. The number of Topliss-reactive ketones (excluding diaryl/α,β-unsaturated/α-hetero) is 1. The summed E-state index contributed by atoms with van der Waals surface area (Å²) in [5.74, 6) is -0.0878. The van der Waals surface area contributed by atoms with Crippen molar-refractivity contribution in [2.75, 3.05) is 0 Å². The van der Waals surface area contributed by atoms with Crippen molar-refractivity contribution >= 4 is 23.0 Å². The van der Waals surface area contributed by atoms with Crippen LogP contribution in [0.1, 0.15) is 37.8 Å². The molecule has 2 aromatic carbocycles. The number of fused-ring (bicyclic) bond motifs is 2. The fourth-order valence-corrected chi connectivity index (χ4v) is 4.13. The van der Waals surface area contributed by atoms with E-state index in [1.165, 1.54) is 0 Å². The molecule has 26 heavy (non-hydrogen) atoms. The second kappa shape index (κ2) is 5.70. The zero-order valence-corrected chi connectivity index (χ0v) is 15.9. The molecule has 3 nitrogen and oxygen atoms in total. The van der Waals surface area contributed by atoms with Gasteiger partial charge in [-0.15, -0.1) is 0 Å². The lowest BCUT2D eigenvalue weighted by atomic mass is 9.84. The molecular weight excluding hydrogens is 348 g/mol. The van der Waals surface area contributed by atoms with Crippen LogP contribution in [0.3, 0.4) is 0 Å². The molecule has 1 saturated heterocycles. The van der Waals surface area contributed by atoms with Gasteiger partial charge in [0, 0.05) is 5.02 Å².